The van der Waals surface area contributed by atoms with Crippen LogP contribution in [0.25, 0.3) is 0 Å². The third kappa shape index (κ3) is 3.48. The summed E-state index contributed by atoms with van der Waals surface area (Å²) in [5, 5.41) is 0. The molecule has 0 atom stereocenters. The van der Waals surface area contributed by atoms with E-state index in [0.29, 0.717) is 6.61 Å². The lowest BCUT2D eigenvalue weighted by Gasteiger charge is -2.12. The highest BCUT2D eigenvalue weighted by molar-refractivity contribution is 9.10. The molecule has 2 aromatic carbocycles. The van der Waals surface area contributed by atoms with Gasteiger partial charge in [-0.1, -0.05) is 37.3 Å². The van der Waals surface area contributed by atoms with Gasteiger partial charge in [0.1, 0.15) is 12.4 Å². The van der Waals surface area contributed by atoms with E-state index < -0.39 is 0 Å². The fourth-order valence-corrected chi connectivity index (χ4v) is 2.89. The van der Waals surface area contributed by atoms with Gasteiger partial charge in [-0.05, 0) is 52.5 Å². The molecule has 0 heterocycles. The van der Waals surface area contributed by atoms with Crippen molar-refractivity contribution in [2.24, 2.45) is 0 Å². The maximum Gasteiger partial charge on any atom is 0.161 e. The van der Waals surface area contributed by atoms with E-state index in [1.807, 2.05) is 49.4 Å². The molecule has 0 saturated carbocycles. The predicted octanol–water partition coefficient (Wildman–Crippen LogP) is 4.79. The zero-order chi connectivity index (χ0) is 14.5. The third-order valence-electron chi connectivity index (χ3n) is 3.13. The lowest BCUT2D eigenvalue weighted by molar-refractivity contribution is 0.101. The minimum atomic E-state index is 0.0725. The molecule has 0 aliphatic rings. The van der Waals surface area contributed by atoms with Crippen LogP contribution in [0.1, 0.15) is 35.3 Å². The Morgan fingerprint density at radius 3 is 2.50 bits per heavy atom. The summed E-state index contributed by atoms with van der Waals surface area (Å²) in [5.74, 6) is 0.853. The molecule has 2 nitrogen and oxygen atoms in total. The Labute approximate surface area is 127 Å². The van der Waals surface area contributed by atoms with Crippen molar-refractivity contribution in [3.8, 4) is 5.75 Å². The summed E-state index contributed by atoms with van der Waals surface area (Å²) in [5.41, 5.74) is 2.88. The maximum absolute atomic E-state index is 11.7. The molecule has 0 saturated heterocycles. The largest absolute Gasteiger partial charge is 0.489 e. The van der Waals surface area contributed by atoms with Crippen molar-refractivity contribution in [1.82, 2.24) is 0 Å². The first kappa shape index (κ1) is 14.8. The molecule has 0 bridgehead atoms. The van der Waals surface area contributed by atoms with Crippen LogP contribution >= 0.6 is 15.9 Å². The van der Waals surface area contributed by atoms with Crippen molar-refractivity contribution >= 4 is 21.7 Å². The van der Waals surface area contributed by atoms with Gasteiger partial charge in [-0.3, -0.25) is 4.79 Å². The smallest absolute Gasteiger partial charge is 0.161 e. The van der Waals surface area contributed by atoms with Crippen LogP contribution in [-0.4, -0.2) is 5.78 Å². The number of aryl methyl sites for hydroxylation is 1. The molecule has 2 rings (SSSR count). The van der Waals surface area contributed by atoms with Crippen molar-refractivity contribution in [1.29, 1.82) is 0 Å². The van der Waals surface area contributed by atoms with E-state index in [0.717, 1.165) is 33.3 Å². The summed E-state index contributed by atoms with van der Waals surface area (Å²) in [4.78, 5) is 11.7. The number of ether oxygens (including phenoxy) is 1. The number of ketones is 1. The van der Waals surface area contributed by atoms with E-state index in [9.17, 15) is 4.79 Å². The molecular formula is C17H17BrO2. The maximum atomic E-state index is 11.7. The molecule has 0 amide bonds. The van der Waals surface area contributed by atoms with Gasteiger partial charge in [-0.2, -0.15) is 0 Å². The molecule has 0 unspecified atom stereocenters. The van der Waals surface area contributed by atoms with E-state index in [1.165, 1.54) is 0 Å². The van der Waals surface area contributed by atoms with Crippen molar-refractivity contribution < 1.29 is 9.53 Å². The standard InChI is InChI=1S/C17H17BrO2/c1-3-14-9-15(10-16(18)17(14)12(2)19)20-11-13-7-5-4-6-8-13/h4-10H,3,11H2,1-2H3. The van der Waals surface area contributed by atoms with Crippen LogP contribution < -0.4 is 4.74 Å². The summed E-state index contributed by atoms with van der Waals surface area (Å²) < 4.78 is 6.61. The lowest BCUT2D eigenvalue weighted by atomic mass is 10.0. The second-order valence-corrected chi connectivity index (χ2v) is 5.48. The molecule has 2 aromatic rings. The van der Waals surface area contributed by atoms with Gasteiger partial charge in [-0.25, -0.2) is 0 Å². The average molecular weight is 333 g/mol. The molecule has 0 spiro atoms. The van der Waals surface area contributed by atoms with Crippen LogP contribution in [0.5, 0.6) is 5.75 Å². The number of benzene rings is 2. The summed E-state index contributed by atoms with van der Waals surface area (Å²) in [6, 6.07) is 13.8. The molecule has 104 valence electrons. The van der Waals surface area contributed by atoms with Gasteiger partial charge in [-0.15, -0.1) is 0 Å². The second kappa shape index (κ2) is 6.71. The quantitative estimate of drug-likeness (QED) is 0.735. The first-order valence-electron chi connectivity index (χ1n) is 6.62. The zero-order valence-corrected chi connectivity index (χ0v) is 13.2. The van der Waals surface area contributed by atoms with Crippen LogP contribution in [-0.2, 0) is 13.0 Å². The van der Waals surface area contributed by atoms with E-state index in [-0.39, 0.29) is 5.78 Å². The van der Waals surface area contributed by atoms with Gasteiger partial charge in [0.2, 0.25) is 0 Å². The molecule has 0 aromatic heterocycles. The predicted molar refractivity (Wildman–Crippen MR) is 84.3 cm³/mol. The summed E-state index contributed by atoms with van der Waals surface area (Å²) >= 11 is 3.46. The van der Waals surface area contributed by atoms with Crippen molar-refractivity contribution in [2.75, 3.05) is 0 Å². The topological polar surface area (TPSA) is 26.3 Å². The molecule has 0 fully saturated rings. The Balaban J connectivity index is 2.21. The Hall–Kier alpha value is -1.61. The van der Waals surface area contributed by atoms with Crippen molar-refractivity contribution in [3.63, 3.8) is 0 Å². The van der Waals surface area contributed by atoms with Gasteiger partial charge >= 0.3 is 0 Å². The number of hydrogen-bond donors (Lipinski definition) is 0. The summed E-state index contributed by atoms with van der Waals surface area (Å²) in [6.07, 6.45) is 0.802. The highest BCUT2D eigenvalue weighted by atomic mass is 79.9. The number of rotatable bonds is 5. The second-order valence-electron chi connectivity index (χ2n) is 4.62. The Morgan fingerprint density at radius 2 is 1.90 bits per heavy atom. The third-order valence-corrected chi connectivity index (χ3v) is 3.75. The van der Waals surface area contributed by atoms with Gasteiger partial charge < -0.3 is 4.74 Å². The number of Topliss-reactive ketones (excluding diaryl/α,β-unsaturated/α-hetero) is 1. The van der Waals surface area contributed by atoms with Gasteiger partial charge in [0.05, 0.1) is 0 Å². The number of carbonyl (C=O) groups is 1. The zero-order valence-electron chi connectivity index (χ0n) is 11.7. The Bertz CT molecular complexity index is 606. The van der Waals surface area contributed by atoms with E-state index in [4.69, 9.17) is 4.74 Å². The van der Waals surface area contributed by atoms with Gasteiger partial charge in [0.25, 0.3) is 0 Å². The van der Waals surface area contributed by atoms with E-state index in [1.54, 1.807) is 6.92 Å². The van der Waals surface area contributed by atoms with Crippen LogP contribution in [0.3, 0.4) is 0 Å². The molecule has 0 radical (unpaired) electrons. The van der Waals surface area contributed by atoms with Crippen LogP contribution in [0.2, 0.25) is 0 Å². The fraction of sp³-hybridized carbons (Fsp3) is 0.235. The first-order valence-corrected chi connectivity index (χ1v) is 7.41. The molecular weight excluding hydrogens is 316 g/mol. The molecule has 0 N–H and O–H groups in total. The molecule has 3 heteroatoms. The van der Waals surface area contributed by atoms with Crippen molar-refractivity contribution in [2.45, 2.75) is 26.9 Å². The molecule has 20 heavy (non-hydrogen) atoms. The fourth-order valence-electron chi connectivity index (χ4n) is 2.13. The molecule has 0 aliphatic heterocycles. The number of halogens is 1. The van der Waals surface area contributed by atoms with E-state index >= 15 is 0 Å². The minimum absolute atomic E-state index is 0.0725. The highest BCUT2D eigenvalue weighted by Crippen LogP contribution is 2.28. The van der Waals surface area contributed by atoms with Crippen LogP contribution in [0.4, 0.5) is 0 Å². The number of carbonyl (C=O) groups excluding carboxylic acids is 1. The van der Waals surface area contributed by atoms with Crippen LogP contribution in [0.15, 0.2) is 46.9 Å². The van der Waals surface area contributed by atoms with Gasteiger partial charge in [0.15, 0.2) is 5.78 Å². The lowest BCUT2D eigenvalue weighted by Crippen LogP contribution is -2.02. The molecule has 0 aliphatic carbocycles. The first-order chi connectivity index (χ1) is 9.61. The normalized spacial score (nSPS) is 10.3. The summed E-state index contributed by atoms with van der Waals surface area (Å²) in [6.45, 7) is 4.15. The van der Waals surface area contributed by atoms with Gasteiger partial charge in [0, 0.05) is 10.0 Å². The minimum Gasteiger partial charge on any atom is -0.489 e. The van der Waals surface area contributed by atoms with Crippen molar-refractivity contribution in [3.05, 3.63) is 63.6 Å². The Kier molecular flexibility index (Phi) is 4.96. The monoisotopic (exact) mass is 332 g/mol. The average Bonchev–Trinajstić information content (AvgIpc) is 2.45. The Morgan fingerprint density at radius 1 is 1.20 bits per heavy atom. The van der Waals surface area contributed by atoms with E-state index in [2.05, 4.69) is 15.9 Å². The highest BCUT2D eigenvalue weighted by Gasteiger charge is 2.12. The summed E-state index contributed by atoms with van der Waals surface area (Å²) in [7, 11) is 0. The van der Waals surface area contributed by atoms with Crippen LogP contribution in [0, 0.1) is 0 Å². The SMILES string of the molecule is CCc1cc(OCc2ccccc2)cc(Br)c1C(C)=O. The number of hydrogen-bond acceptors (Lipinski definition) is 2.